The highest BCUT2D eigenvalue weighted by Crippen LogP contribution is 2.29. The Kier molecular flexibility index (Phi) is 4.32. The topological polar surface area (TPSA) is 48.2 Å². The van der Waals surface area contributed by atoms with E-state index >= 15 is 0 Å². The Balaban J connectivity index is 2.86. The Bertz CT molecular complexity index is 360. The Labute approximate surface area is 94.5 Å². The van der Waals surface area contributed by atoms with Gasteiger partial charge in [-0.2, -0.15) is 5.26 Å². The fourth-order valence-corrected chi connectivity index (χ4v) is 2.26. The smallest absolute Gasteiger partial charge is 0.182 e. The van der Waals surface area contributed by atoms with E-state index in [1.165, 1.54) is 4.88 Å². The van der Waals surface area contributed by atoms with Crippen LogP contribution in [0.1, 0.15) is 31.7 Å². The lowest BCUT2D eigenvalue weighted by Gasteiger charge is -2.15. The zero-order valence-electron chi connectivity index (χ0n) is 9.19. The molecule has 1 aromatic heterocycles. The van der Waals surface area contributed by atoms with Crippen molar-refractivity contribution in [2.45, 2.75) is 26.8 Å². The minimum absolute atomic E-state index is 0.144. The molecule has 1 N–H and O–H groups in total. The first-order valence-electron chi connectivity index (χ1n) is 4.88. The molecular weight excluding hydrogens is 206 g/mol. The molecule has 0 radical (unpaired) electrons. The molecule has 1 unspecified atom stereocenters. The molecule has 0 bridgehead atoms. The summed E-state index contributed by atoms with van der Waals surface area (Å²) in [5, 5.41) is 13.1. The third-order valence-electron chi connectivity index (χ3n) is 2.04. The number of hydrogen-bond donors (Lipinski definition) is 1. The lowest BCUT2D eigenvalue weighted by Crippen LogP contribution is -2.16. The molecule has 3 nitrogen and oxygen atoms in total. The maximum atomic E-state index is 8.48. The van der Waals surface area contributed by atoms with Crippen molar-refractivity contribution in [2.24, 2.45) is 10.9 Å². The summed E-state index contributed by atoms with van der Waals surface area (Å²) in [6, 6.07) is 4.25. The molecule has 1 aromatic rings. The molecule has 0 amide bonds. The second kappa shape index (κ2) is 5.52. The molecule has 4 heteroatoms. The van der Waals surface area contributed by atoms with Gasteiger partial charge in [0.15, 0.2) is 6.19 Å². The van der Waals surface area contributed by atoms with Crippen molar-refractivity contribution in [3.63, 3.8) is 0 Å². The van der Waals surface area contributed by atoms with E-state index in [1.807, 2.05) is 24.6 Å². The van der Waals surface area contributed by atoms with Gasteiger partial charge < -0.3 is 0 Å². The molecule has 0 aromatic carbocycles. The normalized spacial score (nSPS) is 13.7. The van der Waals surface area contributed by atoms with Gasteiger partial charge in [-0.25, -0.2) is 0 Å². The summed E-state index contributed by atoms with van der Waals surface area (Å²) < 4.78 is 0. The number of amidine groups is 1. The summed E-state index contributed by atoms with van der Waals surface area (Å²) in [5.74, 6) is 1.10. The highest BCUT2D eigenvalue weighted by molar-refractivity contribution is 7.10. The van der Waals surface area contributed by atoms with Crippen LogP contribution in [0, 0.1) is 17.4 Å². The second-order valence-electron chi connectivity index (χ2n) is 3.66. The summed E-state index contributed by atoms with van der Waals surface area (Å²) in [7, 11) is 0. The van der Waals surface area contributed by atoms with E-state index in [-0.39, 0.29) is 6.04 Å². The molecule has 0 spiro atoms. The molecule has 0 saturated carbocycles. The van der Waals surface area contributed by atoms with E-state index < -0.39 is 0 Å². The summed E-state index contributed by atoms with van der Waals surface area (Å²) >= 11 is 1.70. The van der Waals surface area contributed by atoms with Crippen LogP contribution < -0.4 is 5.32 Å². The maximum absolute atomic E-state index is 8.48. The average molecular weight is 221 g/mol. The molecule has 0 aliphatic heterocycles. The quantitative estimate of drug-likeness (QED) is 0.369. The minimum Gasteiger partial charge on any atom is -0.281 e. The SMILES string of the molecule is CC(=NC(c1cccs1)C(C)C)NC#N. The van der Waals surface area contributed by atoms with Gasteiger partial charge >= 0.3 is 0 Å². The van der Waals surface area contributed by atoms with Gasteiger partial charge in [0, 0.05) is 4.88 Å². The monoisotopic (exact) mass is 221 g/mol. The van der Waals surface area contributed by atoms with Gasteiger partial charge in [0.1, 0.15) is 5.84 Å². The lowest BCUT2D eigenvalue weighted by atomic mass is 10.0. The first-order chi connectivity index (χ1) is 7.15. The number of rotatable bonds is 3. The van der Waals surface area contributed by atoms with E-state index in [1.54, 1.807) is 11.3 Å². The largest absolute Gasteiger partial charge is 0.281 e. The molecule has 0 aliphatic rings. The predicted octanol–water partition coefficient (Wildman–Crippen LogP) is 2.93. The van der Waals surface area contributed by atoms with Crippen LogP contribution in [-0.4, -0.2) is 5.84 Å². The molecular formula is C11H15N3S. The van der Waals surface area contributed by atoms with Crippen LogP contribution in [0.5, 0.6) is 0 Å². The van der Waals surface area contributed by atoms with Crippen molar-refractivity contribution in [1.82, 2.24) is 5.32 Å². The van der Waals surface area contributed by atoms with E-state index in [0.29, 0.717) is 11.8 Å². The average Bonchev–Trinajstić information content (AvgIpc) is 2.66. The molecule has 1 heterocycles. The lowest BCUT2D eigenvalue weighted by molar-refractivity contribution is 0.522. The highest BCUT2D eigenvalue weighted by Gasteiger charge is 2.15. The number of thiophene rings is 1. The van der Waals surface area contributed by atoms with Crippen LogP contribution in [-0.2, 0) is 0 Å². The molecule has 1 rings (SSSR count). The third kappa shape index (κ3) is 3.37. The van der Waals surface area contributed by atoms with E-state index in [0.717, 1.165) is 0 Å². The number of nitrogens with zero attached hydrogens (tertiary/aromatic N) is 2. The molecule has 80 valence electrons. The zero-order valence-corrected chi connectivity index (χ0v) is 10.0. The van der Waals surface area contributed by atoms with Crippen LogP contribution in [0.3, 0.4) is 0 Å². The van der Waals surface area contributed by atoms with Gasteiger partial charge in [0.05, 0.1) is 6.04 Å². The highest BCUT2D eigenvalue weighted by atomic mass is 32.1. The molecule has 0 fully saturated rings. The number of nitrogens with one attached hydrogen (secondary N) is 1. The van der Waals surface area contributed by atoms with Crippen molar-refractivity contribution in [3.05, 3.63) is 22.4 Å². The summed E-state index contributed by atoms with van der Waals surface area (Å²) in [6.45, 7) is 6.08. The van der Waals surface area contributed by atoms with Crippen LogP contribution in [0.2, 0.25) is 0 Å². The summed E-state index contributed by atoms with van der Waals surface area (Å²) in [4.78, 5) is 5.74. The summed E-state index contributed by atoms with van der Waals surface area (Å²) in [5.41, 5.74) is 0. The summed E-state index contributed by atoms with van der Waals surface area (Å²) in [6.07, 6.45) is 1.88. The van der Waals surface area contributed by atoms with Crippen molar-refractivity contribution >= 4 is 17.2 Å². The van der Waals surface area contributed by atoms with Gasteiger partial charge in [0.25, 0.3) is 0 Å². The van der Waals surface area contributed by atoms with Gasteiger partial charge in [-0.3, -0.25) is 10.3 Å². The third-order valence-corrected chi connectivity index (χ3v) is 2.98. The molecule has 0 aliphatic carbocycles. The number of aliphatic imine (C=N–C) groups is 1. The van der Waals surface area contributed by atoms with E-state index in [4.69, 9.17) is 5.26 Å². The van der Waals surface area contributed by atoms with Crippen molar-refractivity contribution < 1.29 is 0 Å². The van der Waals surface area contributed by atoms with Crippen LogP contribution in [0.4, 0.5) is 0 Å². The fraction of sp³-hybridized carbons (Fsp3) is 0.455. The van der Waals surface area contributed by atoms with E-state index in [9.17, 15) is 0 Å². The Morgan fingerprint density at radius 1 is 1.60 bits per heavy atom. The first-order valence-corrected chi connectivity index (χ1v) is 5.76. The number of nitriles is 1. The maximum Gasteiger partial charge on any atom is 0.182 e. The van der Waals surface area contributed by atoms with Crippen LogP contribution >= 0.6 is 11.3 Å². The Morgan fingerprint density at radius 3 is 2.80 bits per heavy atom. The zero-order chi connectivity index (χ0) is 11.3. The van der Waals surface area contributed by atoms with Gasteiger partial charge in [-0.15, -0.1) is 11.3 Å². The van der Waals surface area contributed by atoms with Crippen molar-refractivity contribution in [3.8, 4) is 6.19 Å². The second-order valence-corrected chi connectivity index (χ2v) is 4.63. The van der Waals surface area contributed by atoms with Gasteiger partial charge in [-0.05, 0) is 24.3 Å². The van der Waals surface area contributed by atoms with Crippen molar-refractivity contribution in [2.75, 3.05) is 0 Å². The first kappa shape index (κ1) is 11.7. The van der Waals surface area contributed by atoms with E-state index in [2.05, 4.69) is 30.2 Å². The molecule has 0 saturated heterocycles. The van der Waals surface area contributed by atoms with Crippen LogP contribution in [0.25, 0.3) is 0 Å². The van der Waals surface area contributed by atoms with Gasteiger partial charge in [0.2, 0.25) is 0 Å². The number of hydrogen-bond acceptors (Lipinski definition) is 3. The van der Waals surface area contributed by atoms with Crippen LogP contribution in [0.15, 0.2) is 22.5 Å². The van der Waals surface area contributed by atoms with Crippen molar-refractivity contribution in [1.29, 1.82) is 5.26 Å². The minimum atomic E-state index is 0.144. The van der Waals surface area contributed by atoms with Gasteiger partial charge in [-0.1, -0.05) is 19.9 Å². The molecule has 15 heavy (non-hydrogen) atoms. The Morgan fingerprint density at radius 2 is 2.33 bits per heavy atom. The Hall–Kier alpha value is -1.34. The fourth-order valence-electron chi connectivity index (χ4n) is 1.32. The standard InChI is InChI=1S/C11H15N3S/c1-8(2)11(10-5-4-6-15-10)14-9(3)13-7-12/h4-6,8,11H,1-3H3,(H,13,14). The molecule has 1 atom stereocenters. The predicted molar refractivity (Wildman–Crippen MR) is 63.8 cm³/mol.